The molecule has 0 amide bonds. The third kappa shape index (κ3) is 2.81. The van der Waals surface area contributed by atoms with E-state index < -0.39 is 6.61 Å². The fraction of sp³-hybridized carbons (Fsp3) is 0.429. The lowest BCUT2D eigenvalue weighted by molar-refractivity contribution is -0.0530. The van der Waals surface area contributed by atoms with Gasteiger partial charge in [0.05, 0.1) is 12.4 Å². The van der Waals surface area contributed by atoms with Crippen LogP contribution >= 0.6 is 0 Å². The molecule has 0 saturated heterocycles. The molecule has 0 aliphatic carbocycles. The van der Waals surface area contributed by atoms with E-state index in [-0.39, 0.29) is 5.88 Å². The molecule has 0 atom stereocenters. The van der Waals surface area contributed by atoms with Crippen molar-refractivity contribution >= 4 is 5.82 Å². The molecule has 4 nitrogen and oxygen atoms in total. The minimum absolute atomic E-state index is 0.180. The van der Waals surface area contributed by atoms with Gasteiger partial charge in [-0.05, 0) is 0 Å². The molecule has 0 bridgehead atoms. The fourth-order valence-corrected chi connectivity index (χ4v) is 0.692. The number of rotatable bonds is 3. The molecule has 0 saturated carbocycles. The molecule has 0 fully saturated rings. The Bertz CT molecular complexity index is 263. The van der Waals surface area contributed by atoms with Gasteiger partial charge in [0, 0.05) is 14.1 Å². The molecular weight excluding hydrogens is 180 g/mol. The van der Waals surface area contributed by atoms with Crippen LogP contribution in [0.5, 0.6) is 5.88 Å². The van der Waals surface area contributed by atoms with E-state index in [9.17, 15) is 8.78 Å². The number of halogens is 2. The summed E-state index contributed by atoms with van der Waals surface area (Å²) in [7, 11) is 3.55. The van der Waals surface area contributed by atoms with Crippen molar-refractivity contribution in [1.82, 2.24) is 9.97 Å². The Labute approximate surface area is 74.2 Å². The molecule has 1 aromatic heterocycles. The van der Waals surface area contributed by atoms with Gasteiger partial charge in [0.1, 0.15) is 5.82 Å². The van der Waals surface area contributed by atoms with Gasteiger partial charge < -0.3 is 9.64 Å². The van der Waals surface area contributed by atoms with Gasteiger partial charge in [0.25, 0.3) is 0 Å². The van der Waals surface area contributed by atoms with Crippen molar-refractivity contribution in [3.63, 3.8) is 0 Å². The molecule has 6 heteroatoms. The van der Waals surface area contributed by atoms with Gasteiger partial charge >= 0.3 is 6.61 Å². The van der Waals surface area contributed by atoms with Crippen LogP contribution in [-0.2, 0) is 0 Å². The zero-order valence-corrected chi connectivity index (χ0v) is 7.24. The van der Waals surface area contributed by atoms with Crippen LogP contribution in [0.15, 0.2) is 12.4 Å². The first-order valence-electron chi connectivity index (χ1n) is 3.54. The zero-order valence-electron chi connectivity index (χ0n) is 7.24. The van der Waals surface area contributed by atoms with Gasteiger partial charge in [0.2, 0.25) is 5.88 Å². The van der Waals surface area contributed by atoms with E-state index >= 15 is 0 Å². The van der Waals surface area contributed by atoms with Crippen molar-refractivity contribution < 1.29 is 13.5 Å². The summed E-state index contributed by atoms with van der Waals surface area (Å²) in [4.78, 5) is 9.18. The molecule has 0 aliphatic rings. The lowest BCUT2D eigenvalue weighted by Gasteiger charge is -2.10. The highest BCUT2D eigenvalue weighted by atomic mass is 19.3. The summed E-state index contributed by atoms with van der Waals surface area (Å²) in [5.74, 6) is 0.405. The van der Waals surface area contributed by atoms with E-state index in [1.807, 2.05) is 0 Å². The summed E-state index contributed by atoms with van der Waals surface area (Å²) in [6.07, 6.45) is 2.51. The lowest BCUT2D eigenvalue weighted by Crippen LogP contribution is -2.11. The number of ether oxygens (including phenoxy) is 1. The minimum Gasteiger partial charge on any atom is -0.415 e. The maximum absolute atomic E-state index is 11.7. The molecule has 0 N–H and O–H groups in total. The molecular formula is C7H9F2N3O. The first-order chi connectivity index (χ1) is 6.09. The largest absolute Gasteiger partial charge is 0.415 e. The van der Waals surface area contributed by atoms with Crippen molar-refractivity contribution in [1.29, 1.82) is 0 Å². The second-order valence-electron chi connectivity index (χ2n) is 2.49. The summed E-state index contributed by atoms with van der Waals surface area (Å²) in [5.41, 5.74) is 0. The van der Waals surface area contributed by atoms with Crippen LogP contribution in [0.25, 0.3) is 0 Å². The number of hydrogen-bond acceptors (Lipinski definition) is 4. The van der Waals surface area contributed by atoms with E-state index in [2.05, 4.69) is 14.7 Å². The average Bonchev–Trinajstić information content (AvgIpc) is 2.04. The average molecular weight is 189 g/mol. The van der Waals surface area contributed by atoms with Crippen molar-refractivity contribution in [2.45, 2.75) is 6.61 Å². The van der Waals surface area contributed by atoms with Crippen molar-refractivity contribution in [3.8, 4) is 5.88 Å². The normalized spacial score (nSPS) is 10.2. The molecule has 1 heterocycles. The maximum Gasteiger partial charge on any atom is 0.388 e. The van der Waals surface area contributed by atoms with E-state index in [1.165, 1.54) is 6.20 Å². The standard InChI is InChI=1S/C7H9F2N3O/c1-12(2)5-3-11-6(4-10-5)13-7(8)9/h3-4,7H,1-2H3. The van der Waals surface area contributed by atoms with E-state index in [0.717, 1.165) is 6.20 Å². The smallest absolute Gasteiger partial charge is 0.388 e. The Kier molecular flexibility index (Phi) is 2.94. The predicted molar refractivity (Wildman–Crippen MR) is 43.0 cm³/mol. The van der Waals surface area contributed by atoms with Crippen molar-refractivity contribution in [3.05, 3.63) is 12.4 Å². The molecule has 0 spiro atoms. The number of nitrogens with zero attached hydrogens (tertiary/aromatic N) is 3. The quantitative estimate of drug-likeness (QED) is 0.714. The Hall–Kier alpha value is -1.46. The predicted octanol–water partition coefficient (Wildman–Crippen LogP) is 1.14. The summed E-state index contributed by atoms with van der Waals surface area (Å²) in [6, 6.07) is 0. The Morgan fingerprint density at radius 1 is 1.31 bits per heavy atom. The summed E-state index contributed by atoms with van der Waals surface area (Å²) in [6.45, 7) is -2.86. The van der Waals surface area contributed by atoms with Gasteiger partial charge in [-0.25, -0.2) is 9.97 Å². The Morgan fingerprint density at radius 3 is 2.38 bits per heavy atom. The number of hydrogen-bond donors (Lipinski definition) is 0. The van der Waals surface area contributed by atoms with Crippen LogP contribution in [0.4, 0.5) is 14.6 Å². The van der Waals surface area contributed by atoms with Crippen LogP contribution in [0, 0.1) is 0 Å². The number of alkyl halides is 2. The zero-order chi connectivity index (χ0) is 9.84. The highest BCUT2D eigenvalue weighted by Gasteiger charge is 2.05. The SMILES string of the molecule is CN(C)c1cnc(OC(F)F)cn1. The van der Waals surface area contributed by atoms with Crippen LogP contribution in [-0.4, -0.2) is 30.7 Å². The van der Waals surface area contributed by atoms with Crippen molar-refractivity contribution in [2.24, 2.45) is 0 Å². The van der Waals surface area contributed by atoms with Crippen LogP contribution < -0.4 is 9.64 Å². The monoisotopic (exact) mass is 189 g/mol. The minimum atomic E-state index is -2.86. The van der Waals surface area contributed by atoms with Crippen LogP contribution in [0.2, 0.25) is 0 Å². The first kappa shape index (κ1) is 9.63. The lowest BCUT2D eigenvalue weighted by atomic mass is 10.6. The first-order valence-corrected chi connectivity index (χ1v) is 3.54. The molecule has 0 unspecified atom stereocenters. The van der Waals surface area contributed by atoms with Gasteiger partial charge in [-0.1, -0.05) is 0 Å². The van der Waals surface area contributed by atoms with Gasteiger partial charge in [-0.3, -0.25) is 0 Å². The Balaban J connectivity index is 2.70. The number of anilines is 1. The van der Waals surface area contributed by atoms with Crippen molar-refractivity contribution in [2.75, 3.05) is 19.0 Å². The van der Waals surface area contributed by atoms with E-state index in [4.69, 9.17) is 0 Å². The highest BCUT2D eigenvalue weighted by Crippen LogP contribution is 2.11. The fourth-order valence-electron chi connectivity index (χ4n) is 0.692. The van der Waals surface area contributed by atoms with Gasteiger partial charge in [-0.15, -0.1) is 0 Å². The highest BCUT2D eigenvalue weighted by molar-refractivity contribution is 5.33. The van der Waals surface area contributed by atoms with Crippen LogP contribution in [0.3, 0.4) is 0 Å². The maximum atomic E-state index is 11.7. The third-order valence-corrected chi connectivity index (χ3v) is 1.28. The summed E-state index contributed by atoms with van der Waals surface area (Å²) >= 11 is 0. The molecule has 72 valence electrons. The number of aromatic nitrogens is 2. The van der Waals surface area contributed by atoms with E-state index in [1.54, 1.807) is 19.0 Å². The van der Waals surface area contributed by atoms with Gasteiger partial charge in [0.15, 0.2) is 0 Å². The Morgan fingerprint density at radius 2 is 2.00 bits per heavy atom. The topological polar surface area (TPSA) is 38.2 Å². The molecule has 1 rings (SSSR count). The van der Waals surface area contributed by atoms with E-state index in [0.29, 0.717) is 5.82 Å². The second kappa shape index (κ2) is 3.97. The molecule has 0 radical (unpaired) electrons. The summed E-state index contributed by atoms with van der Waals surface area (Å²) < 4.78 is 27.4. The van der Waals surface area contributed by atoms with Gasteiger partial charge in [-0.2, -0.15) is 8.78 Å². The molecule has 1 aromatic rings. The molecule has 0 aromatic carbocycles. The van der Waals surface area contributed by atoms with Crippen LogP contribution in [0.1, 0.15) is 0 Å². The summed E-state index contributed by atoms with van der Waals surface area (Å²) in [5, 5.41) is 0. The second-order valence-corrected chi connectivity index (χ2v) is 2.49. The molecule has 13 heavy (non-hydrogen) atoms. The molecule has 0 aliphatic heterocycles. The third-order valence-electron chi connectivity index (χ3n) is 1.28.